The van der Waals surface area contributed by atoms with Crippen LogP contribution in [0.25, 0.3) is 0 Å². The largest absolute Gasteiger partial charge is 0.276 e. The van der Waals surface area contributed by atoms with Crippen LogP contribution in [-0.4, -0.2) is 21.5 Å². The number of allylic oxidation sites excluding steroid dienone is 2. The predicted octanol–water partition coefficient (Wildman–Crippen LogP) is 5.86. The second-order valence-electron chi connectivity index (χ2n) is 7.23. The molecule has 0 fully saturated rings. The second kappa shape index (κ2) is 19.4. The molecule has 0 atom stereocenters. The van der Waals surface area contributed by atoms with E-state index in [9.17, 15) is 8.42 Å². The first-order valence-electron chi connectivity index (χ1n) is 11.0. The van der Waals surface area contributed by atoms with Crippen molar-refractivity contribution in [2.24, 2.45) is 0 Å². The lowest BCUT2D eigenvalue weighted by molar-refractivity contribution is 0.554. The monoisotopic (exact) mass is 388 g/mol. The molecule has 0 saturated heterocycles. The van der Waals surface area contributed by atoms with Gasteiger partial charge in [0.25, 0.3) is 10.2 Å². The van der Waals surface area contributed by atoms with Crippen LogP contribution in [0.3, 0.4) is 0 Å². The van der Waals surface area contributed by atoms with Crippen molar-refractivity contribution in [3.8, 4) is 0 Å². The summed E-state index contributed by atoms with van der Waals surface area (Å²) in [6.07, 6.45) is 23.3. The molecule has 5 heteroatoms. The summed E-state index contributed by atoms with van der Waals surface area (Å²) in [5.41, 5.74) is 0. The Hall–Kier alpha value is -0.390. The third-order valence-corrected chi connectivity index (χ3v) is 5.69. The molecule has 0 aliphatic heterocycles. The average Bonchev–Trinajstić information content (AvgIpc) is 2.62. The van der Waals surface area contributed by atoms with E-state index in [2.05, 4.69) is 28.5 Å². The molecule has 0 bridgehead atoms. The van der Waals surface area contributed by atoms with Gasteiger partial charge in [-0.3, -0.25) is 0 Å². The lowest BCUT2D eigenvalue weighted by Gasteiger charge is -2.07. The Morgan fingerprint density at radius 3 is 1.58 bits per heavy atom. The Morgan fingerprint density at radius 1 is 0.577 bits per heavy atom. The molecule has 0 saturated carbocycles. The first-order chi connectivity index (χ1) is 12.6. The van der Waals surface area contributed by atoms with E-state index < -0.39 is 10.2 Å². The fraction of sp³-hybridized carbons (Fsp3) is 0.905. The minimum absolute atomic E-state index is 0.503. The summed E-state index contributed by atoms with van der Waals surface area (Å²) in [5, 5.41) is 0. The summed E-state index contributed by atoms with van der Waals surface area (Å²) < 4.78 is 28.2. The molecule has 4 nitrogen and oxygen atoms in total. The molecule has 2 N–H and O–H groups in total. The highest BCUT2D eigenvalue weighted by molar-refractivity contribution is 7.87. The first-order valence-corrected chi connectivity index (χ1v) is 12.5. The van der Waals surface area contributed by atoms with E-state index in [-0.39, 0.29) is 0 Å². The van der Waals surface area contributed by atoms with Gasteiger partial charge in [-0.25, -0.2) is 9.44 Å². The van der Waals surface area contributed by atoms with Gasteiger partial charge in [0.2, 0.25) is 0 Å². The topological polar surface area (TPSA) is 58.2 Å². The van der Waals surface area contributed by atoms with Gasteiger partial charge in [-0.1, -0.05) is 83.8 Å². The highest BCUT2D eigenvalue weighted by Gasteiger charge is 2.06. The van der Waals surface area contributed by atoms with Crippen molar-refractivity contribution in [3.63, 3.8) is 0 Å². The Morgan fingerprint density at radius 2 is 1.04 bits per heavy atom. The van der Waals surface area contributed by atoms with Gasteiger partial charge < -0.3 is 0 Å². The Balaban J connectivity index is 3.25. The zero-order chi connectivity index (χ0) is 19.3. The van der Waals surface area contributed by atoms with Gasteiger partial charge >= 0.3 is 0 Å². The van der Waals surface area contributed by atoms with Crippen LogP contribution in [0.4, 0.5) is 0 Å². The van der Waals surface area contributed by atoms with Gasteiger partial charge in [-0.2, -0.15) is 8.42 Å². The maximum Gasteiger partial charge on any atom is 0.276 e. The van der Waals surface area contributed by atoms with E-state index in [0.29, 0.717) is 13.1 Å². The maximum absolute atomic E-state index is 11.5. The zero-order valence-electron chi connectivity index (χ0n) is 17.4. The van der Waals surface area contributed by atoms with Crippen LogP contribution in [0, 0.1) is 0 Å². The molecule has 0 rings (SSSR count). The van der Waals surface area contributed by atoms with Crippen molar-refractivity contribution in [1.29, 1.82) is 0 Å². The molecular formula is C21H44N2O2S. The highest BCUT2D eigenvalue weighted by atomic mass is 32.2. The molecule has 0 aliphatic rings. The van der Waals surface area contributed by atoms with E-state index in [4.69, 9.17) is 0 Å². The Bertz CT molecular complexity index is 408. The molecule has 0 amide bonds. The lowest BCUT2D eigenvalue weighted by Crippen LogP contribution is -2.37. The second-order valence-corrected chi connectivity index (χ2v) is 8.81. The van der Waals surface area contributed by atoms with Crippen LogP contribution < -0.4 is 9.44 Å². The van der Waals surface area contributed by atoms with Crippen LogP contribution in [0.15, 0.2) is 12.2 Å². The molecule has 0 aliphatic carbocycles. The molecule has 0 spiro atoms. The van der Waals surface area contributed by atoms with E-state index in [1.165, 1.54) is 77.0 Å². The number of hydrogen-bond acceptors (Lipinski definition) is 2. The predicted molar refractivity (Wildman–Crippen MR) is 115 cm³/mol. The number of nitrogens with one attached hydrogen (secondary N) is 2. The molecule has 0 aromatic rings. The third-order valence-electron chi connectivity index (χ3n) is 4.52. The van der Waals surface area contributed by atoms with Crippen LogP contribution in [0.2, 0.25) is 0 Å². The quantitative estimate of drug-likeness (QED) is 0.203. The maximum atomic E-state index is 11.5. The normalized spacial score (nSPS) is 12.2. The zero-order valence-corrected chi connectivity index (χ0v) is 18.2. The van der Waals surface area contributed by atoms with Crippen LogP contribution in [-0.2, 0) is 10.2 Å². The van der Waals surface area contributed by atoms with Gasteiger partial charge in [-0.15, -0.1) is 0 Å². The van der Waals surface area contributed by atoms with Crippen molar-refractivity contribution in [3.05, 3.63) is 12.2 Å². The van der Waals surface area contributed by atoms with Crippen molar-refractivity contribution in [2.45, 2.75) is 110 Å². The van der Waals surface area contributed by atoms with Crippen LogP contribution in [0.1, 0.15) is 110 Å². The average molecular weight is 389 g/mol. The molecule has 0 aromatic heterocycles. The molecule has 0 heterocycles. The van der Waals surface area contributed by atoms with E-state index in [1.54, 1.807) is 0 Å². The lowest BCUT2D eigenvalue weighted by atomic mass is 10.1. The van der Waals surface area contributed by atoms with Gasteiger partial charge in [0.15, 0.2) is 0 Å². The van der Waals surface area contributed by atoms with Crippen LogP contribution >= 0.6 is 0 Å². The molecule has 0 radical (unpaired) electrons. The van der Waals surface area contributed by atoms with Crippen LogP contribution in [0.5, 0.6) is 0 Å². The summed E-state index contributed by atoms with van der Waals surface area (Å²) in [5.74, 6) is 0. The number of hydrogen-bond donors (Lipinski definition) is 2. The van der Waals surface area contributed by atoms with E-state index >= 15 is 0 Å². The highest BCUT2D eigenvalue weighted by Crippen LogP contribution is 2.09. The third kappa shape index (κ3) is 19.9. The Kier molecular flexibility index (Phi) is 19.1. The molecular weight excluding hydrogens is 344 g/mol. The Labute approximate surface area is 163 Å². The molecule has 0 aromatic carbocycles. The fourth-order valence-electron chi connectivity index (χ4n) is 2.87. The van der Waals surface area contributed by atoms with Crippen molar-refractivity contribution >= 4 is 10.2 Å². The number of rotatable bonds is 20. The minimum atomic E-state index is -3.27. The summed E-state index contributed by atoms with van der Waals surface area (Å²) in [4.78, 5) is 0. The molecule has 26 heavy (non-hydrogen) atoms. The summed E-state index contributed by atoms with van der Waals surface area (Å²) in [7, 11) is -3.27. The smallest absolute Gasteiger partial charge is 0.202 e. The van der Waals surface area contributed by atoms with E-state index in [1.807, 2.05) is 6.92 Å². The molecule has 0 unspecified atom stereocenters. The first kappa shape index (κ1) is 25.6. The van der Waals surface area contributed by atoms with Gasteiger partial charge in [-0.05, 0) is 38.5 Å². The van der Waals surface area contributed by atoms with Crippen molar-refractivity contribution in [1.82, 2.24) is 9.44 Å². The summed E-state index contributed by atoms with van der Waals surface area (Å²) >= 11 is 0. The van der Waals surface area contributed by atoms with E-state index in [0.717, 1.165) is 19.3 Å². The summed E-state index contributed by atoms with van der Waals surface area (Å²) in [6.45, 7) is 5.26. The van der Waals surface area contributed by atoms with Crippen molar-refractivity contribution in [2.75, 3.05) is 13.1 Å². The fourth-order valence-corrected chi connectivity index (χ4v) is 3.85. The van der Waals surface area contributed by atoms with Crippen molar-refractivity contribution < 1.29 is 8.42 Å². The summed E-state index contributed by atoms with van der Waals surface area (Å²) in [6, 6.07) is 0. The SMILES string of the molecule is CCCCCCCC/C=C/CCCCCCCCNS(=O)(=O)NCCC. The van der Waals surface area contributed by atoms with Gasteiger partial charge in [0.05, 0.1) is 0 Å². The number of unbranched alkanes of at least 4 members (excludes halogenated alkanes) is 12. The van der Waals surface area contributed by atoms with Gasteiger partial charge in [0.1, 0.15) is 0 Å². The minimum Gasteiger partial charge on any atom is -0.202 e. The van der Waals surface area contributed by atoms with Gasteiger partial charge in [0, 0.05) is 13.1 Å². The molecule has 156 valence electrons. The standard InChI is InChI=1S/C21H44N2O2S/c1-3-5-6-7-8-9-10-11-12-13-14-15-16-17-18-19-21-23-26(24,25)22-20-4-2/h11-12,22-23H,3-10,13-21H2,1-2H3/b12-11+.